The highest BCUT2D eigenvalue weighted by atomic mass is 19.1. The first-order chi connectivity index (χ1) is 14.1. The van der Waals surface area contributed by atoms with Crippen molar-refractivity contribution in [1.29, 1.82) is 5.26 Å². The predicted molar refractivity (Wildman–Crippen MR) is 106 cm³/mol. The van der Waals surface area contributed by atoms with E-state index in [2.05, 4.69) is 17.9 Å². The Morgan fingerprint density at radius 1 is 1.07 bits per heavy atom. The maximum Gasteiger partial charge on any atom is 0.227 e. The van der Waals surface area contributed by atoms with Gasteiger partial charge in [-0.1, -0.05) is 30.4 Å². The summed E-state index contributed by atoms with van der Waals surface area (Å²) in [5, 5.41) is 19.5. The van der Waals surface area contributed by atoms with E-state index in [0.717, 1.165) is 36.0 Å². The molecule has 5 heteroatoms. The van der Waals surface area contributed by atoms with Crippen LogP contribution in [-0.4, -0.2) is 34.6 Å². The number of halogens is 1. The summed E-state index contributed by atoms with van der Waals surface area (Å²) < 4.78 is 13.0. The summed E-state index contributed by atoms with van der Waals surface area (Å²) in [4.78, 5) is 14.2. The average molecular weight is 388 g/mol. The number of rotatable bonds is 3. The molecule has 2 aromatic rings. The molecule has 0 spiro atoms. The number of aliphatic hydroxyl groups is 1. The normalized spacial score (nSPS) is 23.2. The van der Waals surface area contributed by atoms with Crippen LogP contribution in [0.1, 0.15) is 41.9 Å². The van der Waals surface area contributed by atoms with Gasteiger partial charge in [-0.15, -0.1) is 0 Å². The summed E-state index contributed by atoms with van der Waals surface area (Å²) in [5.74, 6) is 5.54. The molecule has 3 atom stereocenters. The van der Waals surface area contributed by atoms with Crippen LogP contribution in [0.3, 0.4) is 0 Å². The summed E-state index contributed by atoms with van der Waals surface area (Å²) in [5.41, 5.74) is 2.44. The second kappa shape index (κ2) is 8.07. The minimum atomic E-state index is -0.545. The Balaban J connectivity index is 1.50. The molecule has 2 aliphatic rings. The van der Waals surface area contributed by atoms with Gasteiger partial charge in [0, 0.05) is 23.0 Å². The van der Waals surface area contributed by atoms with Crippen LogP contribution in [0.2, 0.25) is 0 Å². The molecule has 29 heavy (non-hydrogen) atoms. The van der Waals surface area contributed by atoms with Gasteiger partial charge in [0.2, 0.25) is 5.91 Å². The molecule has 1 heterocycles. The standard InChI is InChI=1S/C24H21FN2O2/c25-20-12-8-17(9-13-20)5-4-16-6-10-18(11-7-16)23-21(14-26)27(22(23)15-28)24(29)19-2-1-3-19/h6-13,19,21-23,28H,1-3,15H2/t21-,22-,23+/m0/s1. The van der Waals surface area contributed by atoms with Gasteiger partial charge in [0.05, 0.1) is 18.7 Å². The molecular formula is C24H21FN2O2. The van der Waals surface area contributed by atoms with Crippen LogP contribution in [0, 0.1) is 34.9 Å². The van der Waals surface area contributed by atoms with Crippen LogP contribution < -0.4 is 0 Å². The van der Waals surface area contributed by atoms with Gasteiger partial charge in [-0.3, -0.25) is 4.79 Å². The second-order valence-electron chi connectivity index (χ2n) is 7.60. The van der Waals surface area contributed by atoms with Gasteiger partial charge in [0.15, 0.2) is 0 Å². The van der Waals surface area contributed by atoms with Gasteiger partial charge in [-0.25, -0.2) is 4.39 Å². The van der Waals surface area contributed by atoms with Crippen molar-refractivity contribution in [3.05, 3.63) is 71.0 Å². The molecule has 2 aromatic carbocycles. The Morgan fingerprint density at radius 3 is 2.14 bits per heavy atom. The summed E-state index contributed by atoms with van der Waals surface area (Å²) >= 11 is 0. The van der Waals surface area contributed by atoms with Crippen molar-refractivity contribution < 1.29 is 14.3 Å². The quantitative estimate of drug-likeness (QED) is 0.822. The maximum absolute atomic E-state index is 13.0. The largest absolute Gasteiger partial charge is 0.394 e. The van der Waals surface area contributed by atoms with Crippen LogP contribution in [0.15, 0.2) is 48.5 Å². The number of carbonyl (C=O) groups excluding carboxylic acids is 1. The minimum absolute atomic E-state index is 0.000107. The number of benzene rings is 2. The van der Waals surface area contributed by atoms with Crippen molar-refractivity contribution in [3.63, 3.8) is 0 Å². The van der Waals surface area contributed by atoms with Gasteiger partial charge in [-0.05, 0) is 54.8 Å². The van der Waals surface area contributed by atoms with Crippen molar-refractivity contribution >= 4 is 5.91 Å². The smallest absolute Gasteiger partial charge is 0.227 e. The molecule has 4 nitrogen and oxygen atoms in total. The molecule has 1 aliphatic heterocycles. The third kappa shape index (κ3) is 3.62. The van der Waals surface area contributed by atoms with Crippen LogP contribution >= 0.6 is 0 Å². The van der Waals surface area contributed by atoms with Gasteiger partial charge >= 0.3 is 0 Å². The van der Waals surface area contributed by atoms with Crippen LogP contribution in [0.4, 0.5) is 4.39 Å². The highest BCUT2D eigenvalue weighted by molar-refractivity contribution is 5.82. The zero-order valence-electron chi connectivity index (χ0n) is 15.9. The Labute approximate surface area is 169 Å². The van der Waals surface area contributed by atoms with E-state index in [1.807, 2.05) is 24.3 Å². The molecule has 0 aromatic heterocycles. The molecule has 1 saturated heterocycles. The van der Waals surface area contributed by atoms with Gasteiger partial charge in [-0.2, -0.15) is 5.26 Å². The fraction of sp³-hybridized carbons (Fsp3) is 0.333. The highest BCUT2D eigenvalue weighted by Gasteiger charge is 2.53. The minimum Gasteiger partial charge on any atom is -0.394 e. The van der Waals surface area contributed by atoms with Crippen molar-refractivity contribution in [3.8, 4) is 17.9 Å². The van der Waals surface area contributed by atoms with E-state index < -0.39 is 6.04 Å². The number of hydrogen-bond acceptors (Lipinski definition) is 3. The SMILES string of the molecule is N#C[C@H]1[C@@H](c2ccc(C#Cc3ccc(F)cc3)cc2)[C@H](CO)N1C(=O)C1CCC1. The first-order valence-corrected chi connectivity index (χ1v) is 9.82. The first kappa shape index (κ1) is 19.2. The number of nitrogens with zero attached hydrogens (tertiary/aromatic N) is 2. The Bertz CT molecular complexity index is 994. The lowest BCUT2D eigenvalue weighted by Crippen LogP contribution is -2.66. The van der Waals surface area contributed by atoms with Gasteiger partial charge in [0.25, 0.3) is 0 Å². The number of amides is 1. The lowest BCUT2D eigenvalue weighted by atomic mass is 9.73. The number of carbonyl (C=O) groups is 1. The maximum atomic E-state index is 13.0. The average Bonchev–Trinajstić information content (AvgIpc) is 2.67. The zero-order chi connectivity index (χ0) is 20.4. The molecule has 4 rings (SSSR count). The van der Waals surface area contributed by atoms with E-state index in [1.165, 1.54) is 12.1 Å². The molecule has 2 fully saturated rings. The lowest BCUT2D eigenvalue weighted by Gasteiger charge is -2.53. The van der Waals surface area contributed by atoms with Gasteiger partial charge in [0.1, 0.15) is 11.9 Å². The van der Waals surface area contributed by atoms with Crippen LogP contribution in [0.5, 0.6) is 0 Å². The lowest BCUT2D eigenvalue weighted by molar-refractivity contribution is -0.154. The number of likely N-dealkylation sites (tertiary alicyclic amines) is 1. The second-order valence-corrected chi connectivity index (χ2v) is 7.60. The fourth-order valence-corrected chi connectivity index (χ4v) is 4.04. The van der Waals surface area contributed by atoms with E-state index in [1.54, 1.807) is 17.0 Å². The predicted octanol–water partition coefficient (Wildman–Crippen LogP) is 3.20. The summed E-state index contributed by atoms with van der Waals surface area (Å²) in [6, 6.07) is 14.9. The fourth-order valence-electron chi connectivity index (χ4n) is 4.04. The Kier molecular flexibility index (Phi) is 5.34. The number of aliphatic hydroxyl groups excluding tert-OH is 1. The third-order valence-electron chi connectivity index (χ3n) is 5.93. The molecule has 0 unspecified atom stereocenters. The summed E-state index contributed by atoms with van der Waals surface area (Å²) in [6.45, 7) is -0.159. The topological polar surface area (TPSA) is 64.3 Å². The van der Waals surface area contributed by atoms with Crippen LogP contribution in [-0.2, 0) is 4.79 Å². The number of nitriles is 1. The van der Waals surface area contributed by atoms with Crippen molar-refractivity contribution in [2.75, 3.05) is 6.61 Å². The van der Waals surface area contributed by atoms with Crippen molar-refractivity contribution in [1.82, 2.24) is 4.90 Å². The van der Waals surface area contributed by atoms with E-state index in [-0.39, 0.29) is 36.2 Å². The summed E-state index contributed by atoms with van der Waals surface area (Å²) in [7, 11) is 0. The Morgan fingerprint density at radius 2 is 1.66 bits per heavy atom. The van der Waals surface area contributed by atoms with E-state index in [0.29, 0.717) is 0 Å². The Hall–Kier alpha value is -3.15. The molecule has 1 N–H and O–H groups in total. The zero-order valence-corrected chi connectivity index (χ0v) is 15.9. The molecule has 146 valence electrons. The van der Waals surface area contributed by atoms with Gasteiger partial charge < -0.3 is 10.0 Å². The molecule has 1 aliphatic carbocycles. The monoisotopic (exact) mass is 388 g/mol. The van der Waals surface area contributed by atoms with E-state index >= 15 is 0 Å². The van der Waals surface area contributed by atoms with E-state index in [4.69, 9.17) is 0 Å². The third-order valence-corrected chi connectivity index (χ3v) is 5.93. The van der Waals surface area contributed by atoms with Crippen LogP contribution in [0.25, 0.3) is 0 Å². The van der Waals surface area contributed by atoms with Crippen molar-refractivity contribution in [2.24, 2.45) is 5.92 Å². The molecule has 0 bridgehead atoms. The summed E-state index contributed by atoms with van der Waals surface area (Å²) in [6.07, 6.45) is 2.80. The first-order valence-electron chi connectivity index (χ1n) is 9.82. The number of hydrogen-bond donors (Lipinski definition) is 1. The molecular weight excluding hydrogens is 367 g/mol. The van der Waals surface area contributed by atoms with E-state index in [9.17, 15) is 19.6 Å². The molecule has 1 saturated carbocycles. The molecule has 0 radical (unpaired) electrons. The van der Waals surface area contributed by atoms with Crippen molar-refractivity contribution in [2.45, 2.75) is 37.3 Å². The highest BCUT2D eigenvalue weighted by Crippen LogP contribution is 2.43. The molecule has 1 amide bonds.